The molecule has 6 aromatic rings. The van der Waals surface area contributed by atoms with Gasteiger partial charge in [-0.15, -0.1) is 0 Å². The predicted molar refractivity (Wildman–Crippen MR) is 172 cm³/mol. The van der Waals surface area contributed by atoms with Gasteiger partial charge in [-0.1, -0.05) is 96.5 Å². The fourth-order valence-electron chi connectivity index (χ4n) is 4.61. The van der Waals surface area contributed by atoms with Crippen LogP contribution in [-0.4, -0.2) is 4.57 Å². The van der Waals surface area contributed by atoms with Crippen LogP contribution in [0.2, 0.25) is 0 Å². The van der Waals surface area contributed by atoms with E-state index < -0.39 is 7.81 Å². The van der Waals surface area contributed by atoms with Crippen molar-refractivity contribution < 1.29 is 29.7 Å². The number of fused-ring (bicyclic) bond motifs is 1. The first-order valence-corrected chi connectivity index (χ1v) is 16.1. The number of nitrogens with zero attached hydrogens (tertiary/aromatic N) is 2. The molecule has 0 aliphatic heterocycles. The van der Waals surface area contributed by atoms with E-state index in [4.69, 9.17) is 0 Å². The topological polar surface area (TPSA) is 8.81 Å². The molecule has 0 aliphatic carbocycles. The Kier molecular flexibility index (Phi) is 8.79. The summed E-state index contributed by atoms with van der Waals surface area (Å²) in [6.07, 6.45) is 2.22. The van der Waals surface area contributed by atoms with Gasteiger partial charge in [0.15, 0.2) is 11.0 Å². The van der Waals surface area contributed by atoms with Crippen LogP contribution in [0.15, 0.2) is 140 Å². The van der Waals surface area contributed by atoms with Gasteiger partial charge < -0.3 is 0 Å². The van der Waals surface area contributed by atoms with Gasteiger partial charge in [-0.2, -0.15) is 0 Å². The fourth-order valence-corrected chi connectivity index (χ4v) is 4.61. The number of imidazole rings is 1. The molecule has 0 radical (unpaired) electrons. The van der Waals surface area contributed by atoms with E-state index in [9.17, 15) is 25.2 Å². The zero-order valence-corrected chi connectivity index (χ0v) is 25.2. The molecule has 0 spiro atoms. The van der Waals surface area contributed by atoms with E-state index in [1.54, 1.807) is 0 Å². The summed E-state index contributed by atoms with van der Waals surface area (Å²) >= 11 is 0. The Morgan fingerprint density at radius 1 is 0.478 bits per heavy atom. The molecule has 232 valence electrons. The molecule has 0 unspecified atom stereocenters. The summed E-state index contributed by atoms with van der Waals surface area (Å²) in [5, 5.41) is 0. The van der Waals surface area contributed by atoms with Crippen LogP contribution in [0.5, 0.6) is 0 Å². The quantitative estimate of drug-likeness (QED) is 0.0782. The van der Waals surface area contributed by atoms with Gasteiger partial charge in [0.2, 0.25) is 6.33 Å². The molecule has 0 N–H and O–H groups in total. The molecule has 9 heteroatoms. The van der Waals surface area contributed by atoms with Crippen LogP contribution in [0.25, 0.3) is 11.0 Å². The van der Waals surface area contributed by atoms with Crippen molar-refractivity contribution in [2.45, 2.75) is 13.1 Å². The summed E-state index contributed by atoms with van der Waals surface area (Å²) < 4.78 is 63.8. The SMILES string of the molecule is C(#Cc1ccc(Cn2c[n+](Cc3ccc(C#Cc4ccccc4)cc3)c3ccccc32)cc1)c1ccccc1.F[P-](F)(F)(F)(F)F. The second kappa shape index (κ2) is 12.6. The number of hydrogen-bond acceptors (Lipinski definition) is 0. The van der Waals surface area contributed by atoms with Crippen LogP contribution >= 0.6 is 7.81 Å². The summed E-state index contributed by atoms with van der Waals surface area (Å²) in [4.78, 5) is 0. The molecule has 2 nitrogen and oxygen atoms in total. The Labute approximate surface area is 262 Å². The number of aromatic nitrogens is 2. The standard InChI is InChI=1S/C37H27N2.F6P/c1-3-9-30(10-4-1)15-17-32-19-23-34(24-20-32)27-38-29-39(37-14-8-7-13-36(37)38)28-35-25-21-33(22-26-35)18-16-31-11-5-2-6-12-31;1-7(2,3,4,5)6/h1-14,19-26,29H,27-28H2;/q+1;-1. The number of halogens is 6. The van der Waals surface area contributed by atoms with Gasteiger partial charge in [0.1, 0.15) is 13.1 Å². The molecule has 0 saturated carbocycles. The van der Waals surface area contributed by atoms with Crippen molar-refractivity contribution in [3.8, 4) is 23.7 Å². The third-order valence-corrected chi connectivity index (χ3v) is 6.64. The van der Waals surface area contributed by atoms with Gasteiger partial charge in [-0.25, -0.2) is 9.13 Å². The van der Waals surface area contributed by atoms with Crippen LogP contribution in [0.4, 0.5) is 25.2 Å². The Hall–Kier alpha value is -5.30. The van der Waals surface area contributed by atoms with Crippen molar-refractivity contribution in [2.24, 2.45) is 0 Å². The molecule has 0 saturated heterocycles. The monoisotopic (exact) mass is 644 g/mol. The van der Waals surface area contributed by atoms with E-state index >= 15 is 0 Å². The number of hydrogen-bond donors (Lipinski definition) is 0. The molecule has 0 bridgehead atoms. The van der Waals surface area contributed by atoms with E-state index in [1.807, 2.05) is 60.7 Å². The molecule has 6 rings (SSSR count). The van der Waals surface area contributed by atoms with Crippen LogP contribution in [0.1, 0.15) is 33.4 Å². The molecular formula is C37H27F6N2P. The van der Waals surface area contributed by atoms with E-state index in [-0.39, 0.29) is 0 Å². The fraction of sp³-hybridized carbons (Fsp3) is 0.0541. The number of benzene rings is 5. The average molecular weight is 645 g/mol. The molecule has 5 aromatic carbocycles. The van der Waals surface area contributed by atoms with Crippen molar-refractivity contribution in [3.05, 3.63) is 173 Å². The maximum atomic E-state index is 9.87. The van der Waals surface area contributed by atoms with E-state index in [0.29, 0.717) is 0 Å². The normalized spacial score (nSPS) is 12.3. The molecule has 0 aliphatic rings. The summed E-state index contributed by atoms with van der Waals surface area (Å²) in [6, 6.07) is 45.9. The Balaban J connectivity index is 0.000000537. The van der Waals surface area contributed by atoms with Crippen LogP contribution < -0.4 is 4.57 Å². The van der Waals surface area contributed by atoms with Crippen molar-refractivity contribution in [3.63, 3.8) is 0 Å². The van der Waals surface area contributed by atoms with Crippen molar-refractivity contribution in [2.75, 3.05) is 0 Å². The first-order chi connectivity index (χ1) is 21.7. The minimum absolute atomic E-state index is 0.800. The number of rotatable bonds is 4. The average Bonchev–Trinajstić information content (AvgIpc) is 3.36. The molecule has 0 fully saturated rings. The molecular weight excluding hydrogens is 617 g/mol. The van der Waals surface area contributed by atoms with Gasteiger partial charge in [-0.3, -0.25) is 0 Å². The Morgan fingerprint density at radius 3 is 1.35 bits per heavy atom. The molecule has 1 heterocycles. The summed E-state index contributed by atoms with van der Waals surface area (Å²) in [5.41, 5.74) is 9.02. The van der Waals surface area contributed by atoms with E-state index in [0.717, 1.165) is 35.3 Å². The Morgan fingerprint density at radius 2 is 0.870 bits per heavy atom. The molecule has 0 atom stereocenters. The van der Waals surface area contributed by atoms with Crippen molar-refractivity contribution >= 4 is 18.8 Å². The van der Waals surface area contributed by atoms with Crippen LogP contribution in [0, 0.1) is 23.7 Å². The predicted octanol–water partition coefficient (Wildman–Crippen LogP) is 10.2. The zero-order valence-electron chi connectivity index (χ0n) is 24.3. The van der Waals surface area contributed by atoms with Gasteiger partial charge in [-0.05, 0) is 71.8 Å². The third kappa shape index (κ3) is 10.7. The second-order valence-corrected chi connectivity index (χ2v) is 12.4. The maximum absolute atomic E-state index is 10.7. The van der Waals surface area contributed by atoms with Crippen molar-refractivity contribution in [1.82, 2.24) is 4.57 Å². The molecule has 0 amide bonds. The summed E-state index contributed by atoms with van der Waals surface area (Å²) in [5.74, 6) is 13.0. The van der Waals surface area contributed by atoms with Crippen molar-refractivity contribution in [1.29, 1.82) is 0 Å². The van der Waals surface area contributed by atoms with Crippen LogP contribution in [-0.2, 0) is 13.1 Å². The Bertz CT molecular complexity index is 1920. The number of para-hydroxylation sites is 2. The van der Waals surface area contributed by atoms with Gasteiger partial charge in [0.05, 0.1) is 0 Å². The van der Waals surface area contributed by atoms with E-state index in [2.05, 4.69) is 112 Å². The third-order valence-electron chi connectivity index (χ3n) is 6.64. The zero-order chi connectivity index (χ0) is 32.7. The van der Waals surface area contributed by atoms with Crippen LogP contribution in [0.3, 0.4) is 0 Å². The summed E-state index contributed by atoms with van der Waals surface area (Å²) in [7, 11) is -10.7. The molecule has 46 heavy (non-hydrogen) atoms. The van der Waals surface area contributed by atoms with Gasteiger partial charge in [0.25, 0.3) is 0 Å². The first kappa shape index (κ1) is 32.1. The first-order valence-electron chi connectivity index (χ1n) is 14.1. The summed E-state index contributed by atoms with van der Waals surface area (Å²) in [6.45, 7) is 1.60. The van der Waals surface area contributed by atoms with Gasteiger partial charge >= 0.3 is 33.0 Å². The molecule has 1 aromatic heterocycles. The van der Waals surface area contributed by atoms with E-state index in [1.165, 1.54) is 22.2 Å². The minimum atomic E-state index is -10.7. The van der Waals surface area contributed by atoms with Gasteiger partial charge in [0, 0.05) is 22.3 Å². The second-order valence-electron chi connectivity index (χ2n) is 10.4.